The number of rotatable bonds is 4. The minimum atomic E-state index is -0.173. The first kappa shape index (κ1) is 13.1. The molecule has 4 nitrogen and oxygen atoms in total. The van der Waals surface area contributed by atoms with E-state index in [0.717, 1.165) is 11.3 Å². The molecule has 0 aliphatic rings. The third-order valence-electron chi connectivity index (χ3n) is 3.17. The zero-order valence-corrected chi connectivity index (χ0v) is 11.4. The molecule has 1 amide bonds. The van der Waals surface area contributed by atoms with Gasteiger partial charge in [0, 0.05) is 18.4 Å². The normalized spacial score (nSPS) is 10.3. The molecule has 0 radical (unpaired) electrons. The van der Waals surface area contributed by atoms with Gasteiger partial charge in [-0.1, -0.05) is 48.5 Å². The van der Waals surface area contributed by atoms with Crippen molar-refractivity contribution in [1.29, 1.82) is 0 Å². The lowest BCUT2D eigenvalue weighted by Crippen LogP contribution is -2.23. The third kappa shape index (κ3) is 3.17. The highest BCUT2D eigenvalue weighted by Crippen LogP contribution is 2.08. The number of hydrogen-bond acceptors (Lipinski definition) is 2. The van der Waals surface area contributed by atoms with E-state index in [0.29, 0.717) is 12.2 Å². The number of aromatic nitrogens is 2. The summed E-state index contributed by atoms with van der Waals surface area (Å²) >= 11 is 0. The molecule has 0 unspecified atom stereocenters. The van der Waals surface area contributed by atoms with Crippen molar-refractivity contribution in [2.45, 2.75) is 6.54 Å². The minimum absolute atomic E-state index is 0.173. The number of nitrogens with zero attached hydrogens (tertiary/aromatic N) is 2. The van der Waals surface area contributed by atoms with Crippen LogP contribution in [0.1, 0.15) is 16.1 Å². The Labute approximate surface area is 123 Å². The second-order valence-corrected chi connectivity index (χ2v) is 4.67. The second kappa shape index (κ2) is 6.05. The molecule has 4 heteroatoms. The van der Waals surface area contributed by atoms with Crippen molar-refractivity contribution in [3.63, 3.8) is 0 Å². The molecule has 1 aromatic heterocycles. The summed E-state index contributed by atoms with van der Waals surface area (Å²) in [6, 6.07) is 19.6. The first-order chi connectivity index (χ1) is 10.3. The van der Waals surface area contributed by atoms with E-state index in [4.69, 9.17) is 0 Å². The van der Waals surface area contributed by atoms with Crippen LogP contribution in [0.4, 0.5) is 0 Å². The summed E-state index contributed by atoms with van der Waals surface area (Å²) in [7, 11) is 0. The SMILES string of the molecule is O=C(NCc1ccccc1)c1cn(-c2ccccc2)cn1. The van der Waals surface area contributed by atoms with Gasteiger partial charge in [0.25, 0.3) is 5.91 Å². The first-order valence-electron chi connectivity index (χ1n) is 6.74. The van der Waals surface area contributed by atoms with Crippen molar-refractivity contribution >= 4 is 5.91 Å². The molecule has 0 fully saturated rings. The number of imidazole rings is 1. The maximum Gasteiger partial charge on any atom is 0.271 e. The topological polar surface area (TPSA) is 46.9 Å². The van der Waals surface area contributed by atoms with Crippen LogP contribution < -0.4 is 5.32 Å². The van der Waals surface area contributed by atoms with Crippen LogP contribution in [0.25, 0.3) is 5.69 Å². The van der Waals surface area contributed by atoms with Crippen molar-refractivity contribution in [2.24, 2.45) is 0 Å². The minimum Gasteiger partial charge on any atom is -0.347 e. The third-order valence-corrected chi connectivity index (χ3v) is 3.17. The predicted octanol–water partition coefficient (Wildman–Crippen LogP) is 2.80. The molecule has 0 spiro atoms. The van der Waals surface area contributed by atoms with E-state index >= 15 is 0 Å². The van der Waals surface area contributed by atoms with Gasteiger partial charge < -0.3 is 9.88 Å². The molecule has 0 bridgehead atoms. The average Bonchev–Trinajstić information content (AvgIpc) is 3.04. The van der Waals surface area contributed by atoms with Crippen molar-refractivity contribution in [3.8, 4) is 5.69 Å². The van der Waals surface area contributed by atoms with Crippen LogP contribution in [0.2, 0.25) is 0 Å². The van der Waals surface area contributed by atoms with E-state index in [2.05, 4.69) is 10.3 Å². The molecule has 0 saturated heterocycles. The summed E-state index contributed by atoms with van der Waals surface area (Å²) in [5.74, 6) is -0.173. The van der Waals surface area contributed by atoms with Crippen molar-refractivity contribution < 1.29 is 4.79 Å². The van der Waals surface area contributed by atoms with Crippen molar-refractivity contribution in [1.82, 2.24) is 14.9 Å². The monoisotopic (exact) mass is 277 g/mol. The summed E-state index contributed by atoms with van der Waals surface area (Å²) in [4.78, 5) is 16.2. The molecule has 3 rings (SSSR count). The second-order valence-electron chi connectivity index (χ2n) is 4.67. The molecule has 0 saturated carbocycles. The summed E-state index contributed by atoms with van der Waals surface area (Å²) in [5, 5.41) is 2.87. The zero-order valence-electron chi connectivity index (χ0n) is 11.4. The molecule has 1 N–H and O–H groups in total. The smallest absolute Gasteiger partial charge is 0.271 e. The molecule has 1 heterocycles. The summed E-state index contributed by atoms with van der Waals surface area (Å²) in [5.41, 5.74) is 2.45. The standard InChI is InChI=1S/C17H15N3O/c21-17(18-11-14-7-3-1-4-8-14)16-12-20(13-19-16)15-9-5-2-6-10-15/h1-10,12-13H,11H2,(H,18,21). The van der Waals surface area contributed by atoms with Crippen LogP contribution in [0.5, 0.6) is 0 Å². The number of amides is 1. The van der Waals surface area contributed by atoms with E-state index in [1.54, 1.807) is 12.5 Å². The molecule has 0 atom stereocenters. The van der Waals surface area contributed by atoms with Crippen molar-refractivity contribution in [3.05, 3.63) is 84.4 Å². The molecule has 104 valence electrons. The molecular formula is C17H15N3O. The number of hydrogen-bond donors (Lipinski definition) is 1. The van der Waals surface area contributed by atoms with E-state index in [9.17, 15) is 4.79 Å². The van der Waals surface area contributed by atoms with Crippen molar-refractivity contribution in [2.75, 3.05) is 0 Å². The highest BCUT2D eigenvalue weighted by atomic mass is 16.1. The highest BCUT2D eigenvalue weighted by Gasteiger charge is 2.09. The fraction of sp³-hybridized carbons (Fsp3) is 0.0588. The number of benzene rings is 2. The van der Waals surface area contributed by atoms with E-state index < -0.39 is 0 Å². The van der Waals surface area contributed by atoms with Gasteiger partial charge in [-0.3, -0.25) is 4.79 Å². The lowest BCUT2D eigenvalue weighted by molar-refractivity contribution is 0.0946. The molecule has 0 aliphatic heterocycles. The lowest BCUT2D eigenvalue weighted by Gasteiger charge is -2.03. The fourth-order valence-corrected chi connectivity index (χ4v) is 2.05. The highest BCUT2D eigenvalue weighted by molar-refractivity contribution is 5.92. The van der Waals surface area contributed by atoms with Gasteiger partial charge in [0.15, 0.2) is 0 Å². The number of carbonyl (C=O) groups is 1. The summed E-state index contributed by atoms with van der Waals surface area (Å²) < 4.78 is 1.83. The van der Waals surface area contributed by atoms with E-state index in [1.165, 1.54) is 0 Å². The van der Waals surface area contributed by atoms with Crippen LogP contribution in [-0.4, -0.2) is 15.5 Å². The number of carbonyl (C=O) groups excluding carboxylic acids is 1. The molecular weight excluding hydrogens is 262 g/mol. The van der Waals surface area contributed by atoms with Crippen LogP contribution in [0, 0.1) is 0 Å². The molecule has 2 aromatic carbocycles. The van der Waals surface area contributed by atoms with Gasteiger partial charge in [0.05, 0.1) is 0 Å². The van der Waals surface area contributed by atoms with Crippen LogP contribution in [0.15, 0.2) is 73.2 Å². The largest absolute Gasteiger partial charge is 0.347 e. The van der Waals surface area contributed by atoms with Crippen LogP contribution in [-0.2, 0) is 6.54 Å². The Hall–Kier alpha value is -2.88. The molecule has 0 aliphatic carbocycles. The Morgan fingerprint density at radius 2 is 1.67 bits per heavy atom. The predicted molar refractivity (Wildman–Crippen MR) is 81.2 cm³/mol. The summed E-state index contributed by atoms with van der Waals surface area (Å²) in [6.45, 7) is 0.498. The van der Waals surface area contributed by atoms with Crippen LogP contribution >= 0.6 is 0 Å². The lowest BCUT2D eigenvalue weighted by atomic mass is 10.2. The first-order valence-corrected chi connectivity index (χ1v) is 6.74. The van der Waals surface area contributed by atoms with Gasteiger partial charge in [-0.2, -0.15) is 0 Å². The van der Waals surface area contributed by atoms with Gasteiger partial charge >= 0.3 is 0 Å². The quantitative estimate of drug-likeness (QED) is 0.797. The van der Waals surface area contributed by atoms with Gasteiger partial charge in [-0.15, -0.1) is 0 Å². The van der Waals surface area contributed by atoms with Gasteiger partial charge in [-0.25, -0.2) is 4.98 Å². The zero-order chi connectivity index (χ0) is 14.5. The van der Waals surface area contributed by atoms with E-state index in [1.807, 2.05) is 65.2 Å². The van der Waals surface area contributed by atoms with E-state index in [-0.39, 0.29) is 5.91 Å². The van der Waals surface area contributed by atoms with Gasteiger partial charge in [0.1, 0.15) is 12.0 Å². The van der Waals surface area contributed by atoms with Gasteiger partial charge in [-0.05, 0) is 17.7 Å². The van der Waals surface area contributed by atoms with Crippen LogP contribution in [0.3, 0.4) is 0 Å². The maximum absolute atomic E-state index is 12.1. The number of para-hydroxylation sites is 1. The van der Waals surface area contributed by atoms with Gasteiger partial charge in [0.2, 0.25) is 0 Å². The average molecular weight is 277 g/mol. The molecule has 21 heavy (non-hydrogen) atoms. The Kier molecular flexibility index (Phi) is 3.78. The Balaban J connectivity index is 1.67. The maximum atomic E-state index is 12.1. The Morgan fingerprint density at radius 3 is 2.38 bits per heavy atom. The molecule has 3 aromatic rings. The Morgan fingerprint density at radius 1 is 1.00 bits per heavy atom. The number of nitrogens with one attached hydrogen (secondary N) is 1. The summed E-state index contributed by atoms with van der Waals surface area (Å²) in [6.07, 6.45) is 3.38. The fourth-order valence-electron chi connectivity index (χ4n) is 2.05. The Bertz CT molecular complexity index is 720.